The molecule has 0 spiro atoms. The summed E-state index contributed by atoms with van der Waals surface area (Å²) >= 11 is 0. The first-order valence-corrected chi connectivity index (χ1v) is 8.88. The van der Waals surface area contributed by atoms with Crippen LogP contribution in [0.5, 0.6) is 0 Å². The van der Waals surface area contributed by atoms with Crippen LogP contribution in [0, 0.1) is 19.8 Å². The number of carbonyl (C=O) groups is 1. The lowest BCUT2D eigenvalue weighted by atomic mass is 9.97. The van der Waals surface area contributed by atoms with Gasteiger partial charge < -0.3 is 25.7 Å². The Hall–Kier alpha value is -2.09. The molecule has 1 unspecified atom stereocenters. The standard InChI is InChI=1S/C17H30N6O2/c1-12-13(2)25-15(22-12)10-21-17(19-3)20-7-5-9-23-8-4-6-14(11-23)16(18)24/h14H,4-11H2,1-3H3,(H2,18,24)(H2,19,20,21). The Balaban J connectivity index is 1.65. The van der Waals surface area contributed by atoms with Crippen LogP contribution in [0.1, 0.15) is 36.6 Å². The van der Waals surface area contributed by atoms with E-state index in [-0.39, 0.29) is 11.8 Å². The van der Waals surface area contributed by atoms with Gasteiger partial charge in [-0.1, -0.05) is 0 Å². The zero-order valence-electron chi connectivity index (χ0n) is 15.5. The molecule has 0 aliphatic carbocycles. The lowest BCUT2D eigenvalue weighted by Crippen LogP contribution is -2.42. The predicted molar refractivity (Wildman–Crippen MR) is 97.2 cm³/mol. The summed E-state index contributed by atoms with van der Waals surface area (Å²) < 4.78 is 5.54. The predicted octanol–water partition coefficient (Wildman–Crippen LogP) is 0.544. The number of nitrogens with one attached hydrogen (secondary N) is 2. The zero-order chi connectivity index (χ0) is 18.2. The topological polar surface area (TPSA) is 109 Å². The Kier molecular flexibility index (Phi) is 7.24. The minimum absolute atomic E-state index is 0.00357. The summed E-state index contributed by atoms with van der Waals surface area (Å²) in [7, 11) is 1.74. The fourth-order valence-electron chi connectivity index (χ4n) is 3.00. The number of guanidine groups is 1. The van der Waals surface area contributed by atoms with Gasteiger partial charge in [-0.05, 0) is 46.2 Å². The molecule has 1 aromatic rings. The molecule has 4 N–H and O–H groups in total. The lowest BCUT2D eigenvalue weighted by molar-refractivity contribution is -0.123. The number of hydrogen-bond donors (Lipinski definition) is 3. The number of likely N-dealkylation sites (tertiary alicyclic amines) is 1. The third-order valence-corrected chi connectivity index (χ3v) is 4.55. The maximum atomic E-state index is 11.3. The Morgan fingerprint density at radius 1 is 1.44 bits per heavy atom. The third kappa shape index (κ3) is 6.04. The Labute approximate surface area is 149 Å². The van der Waals surface area contributed by atoms with Gasteiger partial charge in [0.2, 0.25) is 11.8 Å². The molecule has 0 saturated carbocycles. The minimum atomic E-state index is -0.176. The van der Waals surface area contributed by atoms with E-state index in [0.717, 1.165) is 62.9 Å². The number of primary amides is 1. The normalized spacial score (nSPS) is 19.0. The van der Waals surface area contributed by atoms with E-state index in [2.05, 4.69) is 25.5 Å². The highest BCUT2D eigenvalue weighted by Gasteiger charge is 2.23. The second-order valence-electron chi connectivity index (χ2n) is 6.50. The van der Waals surface area contributed by atoms with Crippen LogP contribution in [0.3, 0.4) is 0 Å². The Bertz CT molecular complexity index is 578. The van der Waals surface area contributed by atoms with Crippen molar-refractivity contribution in [3.8, 4) is 0 Å². The Morgan fingerprint density at radius 2 is 2.24 bits per heavy atom. The summed E-state index contributed by atoms with van der Waals surface area (Å²) in [5.74, 6) is 2.05. The van der Waals surface area contributed by atoms with E-state index in [1.54, 1.807) is 7.05 Å². The molecular weight excluding hydrogens is 320 g/mol. The van der Waals surface area contributed by atoms with E-state index in [9.17, 15) is 4.79 Å². The van der Waals surface area contributed by atoms with Crippen molar-refractivity contribution in [1.82, 2.24) is 20.5 Å². The maximum Gasteiger partial charge on any atom is 0.221 e. The number of piperidine rings is 1. The minimum Gasteiger partial charge on any atom is -0.444 e. The van der Waals surface area contributed by atoms with Gasteiger partial charge in [-0.2, -0.15) is 0 Å². The number of oxazole rings is 1. The summed E-state index contributed by atoms with van der Waals surface area (Å²) in [6.45, 7) is 7.92. The Morgan fingerprint density at radius 3 is 2.88 bits per heavy atom. The highest BCUT2D eigenvalue weighted by Crippen LogP contribution is 2.15. The molecule has 1 aliphatic rings. The van der Waals surface area contributed by atoms with Gasteiger partial charge in [0.25, 0.3) is 0 Å². The summed E-state index contributed by atoms with van der Waals surface area (Å²) in [4.78, 5) is 22.2. The quantitative estimate of drug-likeness (QED) is 0.376. The van der Waals surface area contributed by atoms with Crippen molar-refractivity contribution < 1.29 is 9.21 Å². The van der Waals surface area contributed by atoms with Crippen molar-refractivity contribution in [2.24, 2.45) is 16.6 Å². The van der Waals surface area contributed by atoms with Crippen molar-refractivity contribution in [2.75, 3.05) is 33.2 Å². The lowest BCUT2D eigenvalue weighted by Gasteiger charge is -2.31. The average molecular weight is 350 g/mol. The molecule has 1 fully saturated rings. The second kappa shape index (κ2) is 9.41. The smallest absolute Gasteiger partial charge is 0.221 e. The summed E-state index contributed by atoms with van der Waals surface area (Å²) in [6, 6.07) is 0. The van der Waals surface area contributed by atoms with Gasteiger partial charge in [0.05, 0.1) is 18.2 Å². The van der Waals surface area contributed by atoms with Crippen molar-refractivity contribution in [3.63, 3.8) is 0 Å². The van der Waals surface area contributed by atoms with Crippen LogP contribution in [-0.2, 0) is 11.3 Å². The second-order valence-corrected chi connectivity index (χ2v) is 6.50. The molecule has 8 nitrogen and oxygen atoms in total. The molecule has 2 heterocycles. The van der Waals surface area contributed by atoms with Gasteiger partial charge in [0.1, 0.15) is 5.76 Å². The number of hydrogen-bond acceptors (Lipinski definition) is 5. The largest absolute Gasteiger partial charge is 0.444 e. The molecule has 8 heteroatoms. The summed E-state index contributed by atoms with van der Waals surface area (Å²) in [6.07, 6.45) is 2.93. The highest BCUT2D eigenvalue weighted by molar-refractivity contribution is 5.79. The SMILES string of the molecule is CN=C(NCCCN1CCCC(C(N)=O)C1)NCc1nc(C)c(C)o1. The van der Waals surface area contributed by atoms with Crippen LogP contribution in [-0.4, -0.2) is 55.0 Å². The van der Waals surface area contributed by atoms with Crippen LogP contribution in [0.4, 0.5) is 0 Å². The van der Waals surface area contributed by atoms with Crippen molar-refractivity contribution in [2.45, 2.75) is 39.7 Å². The van der Waals surface area contributed by atoms with Gasteiger partial charge in [-0.25, -0.2) is 4.98 Å². The van der Waals surface area contributed by atoms with E-state index in [1.165, 1.54) is 0 Å². The fraction of sp³-hybridized carbons (Fsp3) is 0.706. The number of amides is 1. The average Bonchev–Trinajstić information content (AvgIpc) is 2.92. The van der Waals surface area contributed by atoms with E-state index in [4.69, 9.17) is 10.2 Å². The van der Waals surface area contributed by atoms with Crippen LogP contribution >= 0.6 is 0 Å². The summed E-state index contributed by atoms with van der Waals surface area (Å²) in [5.41, 5.74) is 6.33. The molecule has 25 heavy (non-hydrogen) atoms. The number of aromatic nitrogens is 1. The van der Waals surface area contributed by atoms with Gasteiger partial charge >= 0.3 is 0 Å². The number of carbonyl (C=O) groups excluding carboxylic acids is 1. The summed E-state index contributed by atoms with van der Waals surface area (Å²) in [5, 5.41) is 6.48. The monoisotopic (exact) mass is 350 g/mol. The molecule has 0 bridgehead atoms. The number of rotatable bonds is 7. The van der Waals surface area contributed by atoms with E-state index < -0.39 is 0 Å². The number of aryl methyl sites for hydroxylation is 2. The molecule has 0 radical (unpaired) electrons. The van der Waals surface area contributed by atoms with Crippen LogP contribution in [0.2, 0.25) is 0 Å². The first-order valence-electron chi connectivity index (χ1n) is 8.88. The van der Waals surface area contributed by atoms with Gasteiger partial charge in [0.15, 0.2) is 5.96 Å². The van der Waals surface area contributed by atoms with Gasteiger partial charge in [-0.3, -0.25) is 9.79 Å². The third-order valence-electron chi connectivity index (χ3n) is 4.55. The maximum absolute atomic E-state index is 11.3. The molecule has 0 aromatic carbocycles. The number of aliphatic imine (C=N–C) groups is 1. The van der Waals surface area contributed by atoms with Gasteiger partial charge in [0, 0.05) is 20.1 Å². The molecule has 2 rings (SSSR count). The van der Waals surface area contributed by atoms with Crippen LogP contribution < -0.4 is 16.4 Å². The molecule has 1 aliphatic heterocycles. The first-order chi connectivity index (χ1) is 12.0. The van der Waals surface area contributed by atoms with Crippen molar-refractivity contribution in [1.29, 1.82) is 0 Å². The molecule has 1 amide bonds. The zero-order valence-corrected chi connectivity index (χ0v) is 15.5. The van der Waals surface area contributed by atoms with E-state index in [1.807, 2.05) is 13.8 Å². The van der Waals surface area contributed by atoms with E-state index >= 15 is 0 Å². The molecule has 1 saturated heterocycles. The molecule has 1 aromatic heterocycles. The molecular formula is C17H30N6O2. The fourth-order valence-corrected chi connectivity index (χ4v) is 3.00. The number of nitrogens with zero attached hydrogens (tertiary/aromatic N) is 3. The van der Waals surface area contributed by atoms with E-state index in [0.29, 0.717) is 12.4 Å². The highest BCUT2D eigenvalue weighted by atomic mass is 16.4. The van der Waals surface area contributed by atoms with Crippen LogP contribution in [0.15, 0.2) is 9.41 Å². The number of nitrogens with two attached hydrogens (primary N) is 1. The van der Waals surface area contributed by atoms with Gasteiger partial charge in [-0.15, -0.1) is 0 Å². The first kappa shape index (κ1) is 19.2. The molecule has 140 valence electrons. The van der Waals surface area contributed by atoms with Crippen molar-refractivity contribution >= 4 is 11.9 Å². The molecule has 1 atom stereocenters. The van der Waals surface area contributed by atoms with Crippen LogP contribution in [0.25, 0.3) is 0 Å². The van der Waals surface area contributed by atoms with Crippen molar-refractivity contribution in [3.05, 3.63) is 17.3 Å².